The number of halogens is 3. The molecule has 0 aliphatic carbocycles. The van der Waals surface area contributed by atoms with Crippen molar-refractivity contribution in [3.63, 3.8) is 0 Å². The van der Waals surface area contributed by atoms with Gasteiger partial charge in [0.15, 0.2) is 5.69 Å². The summed E-state index contributed by atoms with van der Waals surface area (Å²) in [6.45, 7) is -0.0969. The van der Waals surface area contributed by atoms with Crippen LogP contribution >= 0.6 is 0 Å². The van der Waals surface area contributed by atoms with Crippen molar-refractivity contribution in [2.75, 3.05) is 0 Å². The molecule has 0 unspecified atom stereocenters. The largest absolute Gasteiger partial charge is 0.438 e. The van der Waals surface area contributed by atoms with Gasteiger partial charge in [-0.25, -0.2) is 0 Å². The van der Waals surface area contributed by atoms with Gasteiger partial charge >= 0.3 is 6.18 Å². The monoisotopic (exact) mass is 270 g/mol. The van der Waals surface area contributed by atoms with Gasteiger partial charge in [-0.1, -0.05) is 12.1 Å². The predicted octanol–water partition coefficient (Wildman–Crippen LogP) is 2.78. The average molecular weight is 270 g/mol. The Bertz CT molecular complexity index is 538. The van der Waals surface area contributed by atoms with Crippen LogP contribution in [0.2, 0.25) is 0 Å². The number of benzene rings is 1. The van der Waals surface area contributed by atoms with E-state index in [0.29, 0.717) is 11.3 Å². The van der Waals surface area contributed by atoms with Gasteiger partial charge in [0.2, 0.25) is 5.88 Å². The molecular weight excluding hydrogens is 261 g/mol. The van der Waals surface area contributed by atoms with Crippen LogP contribution in [0.15, 0.2) is 36.4 Å². The van der Waals surface area contributed by atoms with Gasteiger partial charge in [-0.05, 0) is 23.8 Å². The van der Waals surface area contributed by atoms with Crippen LogP contribution < -0.4 is 4.74 Å². The summed E-state index contributed by atoms with van der Waals surface area (Å²) >= 11 is 0. The van der Waals surface area contributed by atoms with Crippen LogP contribution in [0.1, 0.15) is 11.3 Å². The smallest absolute Gasteiger partial charge is 0.435 e. The molecule has 100 valence electrons. The Morgan fingerprint density at radius 3 is 2.16 bits per heavy atom. The number of hydrogen-bond acceptors (Lipinski definition) is 4. The van der Waals surface area contributed by atoms with Crippen LogP contribution in [-0.2, 0) is 12.8 Å². The van der Waals surface area contributed by atoms with Crippen LogP contribution in [0.5, 0.6) is 11.6 Å². The molecule has 0 radical (unpaired) electrons. The zero-order valence-electron chi connectivity index (χ0n) is 9.55. The molecule has 0 amide bonds. The highest BCUT2D eigenvalue weighted by Gasteiger charge is 2.32. The molecule has 1 heterocycles. The summed E-state index contributed by atoms with van der Waals surface area (Å²) < 4.78 is 42.0. The summed E-state index contributed by atoms with van der Waals surface area (Å²) in [4.78, 5) is 0. The van der Waals surface area contributed by atoms with Gasteiger partial charge < -0.3 is 9.84 Å². The van der Waals surface area contributed by atoms with Crippen LogP contribution in [-0.4, -0.2) is 15.3 Å². The third kappa shape index (κ3) is 3.41. The van der Waals surface area contributed by atoms with E-state index in [1.54, 1.807) is 24.3 Å². The molecular formula is C12H9F3N2O2. The normalized spacial score (nSPS) is 11.4. The molecule has 0 bridgehead atoms. The molecule has 7 heteroatoms. The van der Waals surface area contributed by atoms with E-state index in [1.165, 1.54) is 0 Å². The standard InChI is InChI=1S/C12H9F3N2O2/c13-12(14,15)10-5-6-11(17-16-10)19-9-3-1-8(7-18)2-4-9/h1-6,18H,7H2. The van der Waals surface area contributed by atoms with Crippen molar-refractivity contribution in [1.29, 1.82) is 0 Å². The average Bonchev–Trinajstić information content (AvgIpc) is 2.39. The number of alkyl halides is 3. The summed E-state index contributed by atoms with van der Waals surface area (Å²) in [5, 5.41) is 15.2. The van der Waals surface area contributed by atoms with Gasteiger partial charge in [0.05, 0.1) is 6.61 Å². The molecule has 1 N–H and O–H groups in total. The molecule has 19 heavy (non-hydrogen) atoms. The second kappa shape index (κ2) is 5.23. The molecule has 0 atom stereocenters. The first-order valence-corrected chi connectivity index (χ1v) is 5.27. The first-order valence-electron chi connectivity index (χ1n) is 5.27. The number of nitrogens with zero attached hydrogens (tertiary/aromatic N) is 2. The maximum Gasteiger partial charge on any atom is 0.435 e. The number of rotatable bonds is 3. The summed E-state index contributed by atoms with van der Waals surface area (Å²) in [5.74, 6) is 0.357. The van der Waals surface area contributed by atoms with Crippen LogP contribution in [0, 0.1) is 0 Å². The summed E-state index contributed by atoms with van der Waals surface area (Å²) in [7, 11) is 0. The second-order valence-electron chi connectivity index (χ2n) is 3.66. The topological polar surface area (TPSA) is 55.2 Å². The maximum absolute atomic E-state index is 12.3. The maximum atomic E-state index is 12.3. The predicted molar refractivity (Wildman–Crippen MR) is 59.5 cm³/mol. The van der Waals surface area contributed by atoms with Gasteiger partial charge in [-0.2, -0.15) is 13.2 Å². The second-order valence-corrected chi connectivity index (χ2v) is 3.66. The summed E-state index contributed by atoms with van der Waals surface area (Å²) in [5.41, 5.74) is -0.374. The highest BCUT2D eigenvalue weighted by molar-refractivity contribution is 5.30. The molecule has 2 rings (SSSR count). The minimum Gasteiger partial charge on any atom is -0.438 e. The van der Waals surface area contributed by atoms with Crippen molar-refractivity contribution >= 4 is 0 Å². The van der Waals surface area contributed by atoms with E-state index in [1.807, 2.05) is 0 Å². The number of aliphatic hydroxyl groups is 1. The molecule has 4 nitrogen and oxygen atoms in total. The fraction of sp³-hybridized carbons (Fsp3) is 0.167. The Balaban J connectivity index is 2.10. The van der Waals surface area contributed by atoms with Crippen LogP contribution in [0.25, 0.3) is 0 Å². The van der Waals surface area contributed by atoms with Crippen molar-refractivity contribution in [3.8, 4) is 11.6 Å². The van der Waals surface area contributed by atoms with Gasteiger partial charge in [-0.15, -0.1) is 10.2 Å². The lowest BCUT2D eigenvalue weighted by Crippen LogP contribution is -2.08. The Labute approximate surface area is 106 Å². The van der Waals surface area contributed by atoms with Crippen molar-refractivity contribution in [3.05, 3.63) is 47.7 Å². The van der Waals surface area contributed by atoms with Crippen LogP contribution in [0.3, 0.4) is 0 Å². The highest BCUT2D eigenvalue weighted by atomic mass is 19.4. The summed E-state index contributed by atoms with van der Waals surface area (Å²) in [6.07, 6.45) is -4.52. The van der Waals surface area contributed by atoms with E-state index in [-0.39, 0.29) is 12.5 Å². The van der Waals surface area contributed by atoms with Crippen LogP contribution in [0.4, 0.5) is 13.2 Å². The third-order valence-electron chi connectivity index (χ3n) is 2.26. The highest BCUT2D eigenvalue weighted by Crippen LogP contribution is 2.28. The van der Waals surface area contributed by atoms with E-state index in [2.05, 4.69) is 10.2 Å². The Morgan fingerprint density at radius 2 is 1.68 bits per heavy atom. The van der Waals surface area contributed by atoms with Crippen molar-refractivity contribution < 1.29 is 23.0 Å². The molecule has 0 aliphatic heterocycles. The molecule has 2 aromatic rings. The molecule has 0 aliphatic rings. The minimum absolute atomic E-state index is 0.0373. The lowest BCUT2D eigenvalue weighted by molar-refractivity contribution is -0.141. The van der Waals surface area contributed by atoms with Crippen molar-refractivity contribution in [2.45, 2.75) is 12.8 Å². The first-order chi connectivity index (χ1) is 8.99. The number of aliphatic hydroxyl groups excluding tert-OH is 1. The van der Waals surface area contributed by atoms with E-state index in [0.717, 1.165) is 12.1 Å². The quantitative estimate of drug-likeness (QED) is 0.931. The Morgan fingerprint density at radius 1 is 1.00 bits per heavy atom. The van der Waals surface area contributed by atoms with E-state index in [9.17, 15) is 13.2 Å². The lowest BCUT2D eigenvalue weighted by atomic mass is 10.2. The fourth-order valence-electron chi connectivity index (χ4n) is 1.31. The minimum atomic E-state index is -4.52. The Hall–Kier alpha value is -2.15. The number of hydrogen-bond donors (Lipinski definition) is 1. The Kier molecular flexibility index (Phi) is 3.66. The zero-order chi connectivity index (χ0) is 13.9. The van der Waals surface area contributed by atoms with E-state index in [4.69, 9.17) is 9.84 Å². The van der Waals surface area contributed by atoms with E-state index < -0.39 is 11.9 Å². The van der Waals surface area contributed by atoms with E-state index >= 15 is 0 Å². The van der Waals surface area contributed by atoms with Crippen molar-refractivity contribution in [2.24, 2.45) is 0 Å². The molecule has 0 fully saturated rings. The molecule has 0 saturated heterocycles. The molecule has 0 saturated carbocycles. The zero-order valence-corrected chi connectivity index (χ0v) is 9.55. The molecule has 1 aromatic carbocycles. The van der Waals surface area contributed by atoms with Gasteiger partial charge in [-0.3, -0.25) is 0 Å². The first kappa shape index (κ1) is 13.3. The number of aromatic nitrogens is 2. The molecule has 0 spiro atoms. The van der Waals surface area contributed by atoms with Crippen molar-refractivity contribution in [1.82, 2.24) is 10.2 Å². The molecule has 1 aromatic heterocycles. The van der Waals surface area contributed by atoms with Gasteiger partial charge in [0.1, 0.15) is 5.75 Å². The third-order valence-corrected chi connectivity index (χ3v) is 2.26. The summed E-state index contributed by atoms with van der Waals surface area (Å²) in [6, 6.07) is 8.30. The van der Waals surface area contributed by atoms with Gasteiger partial charge in [0, 0.05) is 6.07 Å². The number of ether oxygens (including phenoxy) is 1. The SMILES string of the molecule is OCc1ccc(Oc2ccc(C(F)(F)F)nn2)cc1. The van der Waals surface area contributed by atoms with Gasteiger partial charge in [0.25, 0.3) is 0 Å². The lowest BCUT2D eigenvalue weighted by Gasteiger charge is -2.07. The fourth-order valence-corrected chi connectivity index (χ4v) is 1.31.